The summed E-state index contributed by atoms with van der Waals surface area (Å²) >= 11 is 4.40. The molecule has 1 amide bonds. The van der Waals surface area contributed by atoms with E-state index in [9.17, 15) is 9.18 Å². The predicted molar refractivity (Wildman–Crippen MR) is 93.5 cm³/mol. The molecule has 4 rings (SSSR count). The van der Waals surface area contributed by atoms with Crippen molar-refractivity contribution in [2.45, 2.75) is 0 Å². The lowest BCUT2D eigenvalue weighted by molar-refractivity contribution is 0.102. The minimum absolute atomic E-state index is 0.121. The number of benzene rings is 2. The van der Waals surface area contributed by atoms with Gasteiger partial charge in [-0.25, -0.2) is 4.39 Å². The number of nitrogens with zero attached hydrogens (tertiary/aromatic N) is 2. The Morgan fingerprint density at radius 2 is 2.04 bits per heavy atom. The fourth-order valence-corrected chi connectivity index (χ4v) is 3.40. The second kappa shape index (κ2) is 6.41. The van der Waals surface area contributed by atoms with Gasteiger partial charge in [-0.2, -0.15) is 9.36 Å². The van der Waals surface area contributed by atoms with Gasteiger partial charge < -0.3 is 9.47 Å². The predicted octanol–water partition coefficient (Wildman–Crippen LogP) is 4.09. The number of hydrogen-bond donors (Lipinski definition) is 1. The smallest absolute Gasteiger partial charge is 0.257 e. The van der Waals surface area contributed by atoms with E-state index in [-0.39, 0.29) is 18.5 Å². The van der Waals surface area contributed by atoms with Crippen molar-refractivity contribution < 1.29 is 18.7 Å². The SMILES string of the molecule is O=C(Nc1nc(-c2ccc(F)cc2)ns1)c1cc(Br)c2c(c1)OCO2. The number of anilines is 1. The van der Waals surface area contributed by atoms with E-state index in [1.54, 1.807) is 24.3 Å². The van der Waals surface area contributed by atoms with Gasteiger partial charge in [-0.05, 0) is 52.3 Å². The zero-order chi connectivity index (χ0) is 17.4. The zero-order valence-electron chi connectivity index (χ0n) is 12.5. The van der Waals surface area contributed by atoms with Gasteiger partial charge in [-0.15, -0.1) is 0 Å². The Morgan fingerprint density at radius 1 is 1.24 bits per heavy atom. The third kappa shape index (κ3) is 3.20. The number of rotatable bonds is 3. The number of hydrogen-bond acceptors (Lipinski definition) is 6. The van der Waals surface area contributed by atoms with Crippen LogP contribution in [0, 0.1) is 5.82 Å². The molecule has 1 aliphatic heterocycles. The van der Waals surface area contributed by atoms with Gasteiger partial charge in [-0.3, -0.25) is 10.1 Å². The maximum absolute atomic E-state index is 13.0. The van der Waals surface area contributed by atoms with Crippen LogP contribution in [0.2, 0.25) is 0 Å². The summed E-state index contributed by atoms with van der Waals surface area (Å²) in [6.45, 7) is 0.121. The van der Waals surface area contributed by atoms with E-state index in [1.165, 1.54) is 12.1 Å². The van der Waals surface area contributed by atoms with Crippen molar-refractivity contribution in [1.82, 2.24) is 9.36 Å². The van der Waals surface area contributed by atoms with Crippen LogP contribution < -0.4 is 14.8 Å². The van der Waals surface area contributed by atoms with Gasteiger partial charge in [0.25, 0.3) is 5.91 Å². The molecule has 9 heteroatoms. The number of amides is 1. The Balaban J connectivity index is 1.54. The van der Waals surface area contributed by atoms with Crippen LogP contribution in [0.3, 0.4) is 0 Å². The molecule has 6 nitrogen and oxygen atoms in total. The van der Waals surface area contributed by atoms with Crippen molar-refractivity contribution in [2.24, 2.45) is 0 Å². The minimum Gasteiger partial charge on any atom is -0.454 e. The molecule has 0 saturated heterocycles. The lowest BCUT2D eigenvalue weighted by Crippen LogP contribution is -2.11. The van der Waals surface area contributed by atoms with Crippen molar-refractivity contribution in [3.05, 3.63) is 52.3 Å². The number of aromatic nitrogens is 2. The standard InChI is InChI=1S/C16H9BrFN3O3S/c17-11-5-9(6-12-13(11)24-7-23-12)15(22)20-16-19-14(21-25-16)8-1-3-10(18)4-2-8/h1-6H,7H2,(H,19,20,21,22). The van der Waals surface area contributed by atoms with Crippen LogP contribution in [0.1, 0.15) is 10.4 Å². The highest BCUT2D eigenvalue weighted by atomic mass is 79.9. The largest absolute Gasteiger partial charge is 0.454 e. The second-order valence-electron chi connectivity index (χ2n) is 5.08. The van der Waals surface area contributed by atoms with Crippen LogP contribution in [-0.4, -0.2) is 22.1 Å². The van der Waals surface area contributed by atoms with Crippen LogP contribution in [-0.2, 0) is 0 Å². The number of carbonyl (C=O) groups excluding carboxylic acids is 1. The highest BCUT2D eigenvalue weighted by Gasteiger charge is 2.21. The Labute approximate surface area is 153 Å². The summed E-state index contributed by atoms with van der Waals surface area (Å²) in [6, 6.07) is 9.07. The maximum Gasteiger partial charge on any atom is 0.257 e. The van der Waals surface area contributed by atoms with Crippen LogP contribution in [0.25, 0.3) is 11.4 Å². The summed E-state index contributed by atoms with van der Waals surface area (Å²) < 4.78 is 28.4. The van der Waals surface area contributed by atoms with Gasteiger partial charge in [0.1, 0.15) is 5.82 Å². The van der Waals surface area contributed by atoms with Crippen LogP contribution >= 0.6 is 27.5 Å². The first-order valence-corrected chi connectivity index (χ1v) is 8.67. The molecular formula is C16H9BrFN3O3S. The molecule has 126 valence electrons. The summed E-state index contributed by atoms with van der Waals surface area (Å²) in [7, 11) is 0. The Morgan fingerprint density at radius 3 is 2.84 bits per heavy atom. The molecule has 0 fully saturated rings. The highest BCUT2D eigenvalue weighted by Crippen LogP contribution is 2.40. The minimum atomic E-state index is -0.346. The number of ether oxygens (including phenoxy) is 2. The summed E-state index contributed by atoms with van der Waals surface area (Å²) in [4.78, 5) is 16.7. The van der Waals surface area contributed by atoms with E-state index < -0.39 is 0 Å². The van der Waals surface area contributed by atoms with Gasteiger partial charge in [0.2, 0.25) is 11.9 Å². The van der Waals surface area contributed by atoms with E-state index >= 15 is 0 Å². The van der Waals surface area contributed by atoms with E-state index in [1.807, 2.05) is 0 Å². The number of halogens is 2. The van der Waals surface area contributed by atoms with Gasteiger partial charge in [-0.1, -0.05) is 0 Å². The Hall–Kier alpha value is -2.52. The molecule has 0 aliphatic carbocycles. The van der Waals surface area contributed by atoms with Crippen molar-refractivity contribution in [3.8, 4) is 22.9 Å². The summed E-state index contributed by atoms with van der Waals surface area (Å²) in [6.07, 6.45) is 0. The quantitative estimate of drug-likeness (QED) is 0.689. The lowest BCUT2D eigenvalue weighted by atomic mass is 10.2. The molecule has 0 spiro atoms. The first-order chi connectivity index (χ1) is 12.1. The molecule has 3 aromatic rings. The van der Waals surface area contributed by atoms with Crippen molar-refractivity contribution in [2.75, 3.05) is 12.1 Å². The summed E-state index contributed by atoms with van der Waals surface area (Å²) in [5, 5.41) is 3.04. The van der Waals surface area contributed by atoms with E-state index in [0.29, 0.717) is 38.1 Å². The zero-order valence-corrected chi connectivity index (χ0v) is 14.9. The van der Waals surface area contributed by atoms with Crippen LogP contribution in [0.5, 0.6) is 11.5 Å². The number of fused-ring (bicyclic) bond motifs is 1. The number of nitrogens with one attached hydrogen (secondary N) is 1. The molecule has 2 aromatic carbocycles. The van der Waals surface area contributed by atoms with Crippen LogP contribution in [0.4, 0.5) is 9.52 Å². The average Bonchev–Trinajstić information content (AvgIpc) is 3.25. The molecule has 0 saturated carbocycles. The van der Waals surface area contributed by atoms with Gasteiger partial charge in [0.05, 0.1) is 4.47 Å². The molecule has 0 atom stereocenters. The van der Waals surface area contributed by atoms with E-state index in [4.69, 9.17) is 9.47 Å². The monoisotopic (exact) mass is 421 g/mol. The lowest BCUT2D eigenvalue weighted by Gasteiger charge is -2.04. The first-order valence-electron chi connectivity index (χ1n) is 7.10. The highest BCUT2D eigenvalue weighted by molar-refractivity contribution is 9.10. The van der Waals surface area contributed by atoms with Gasteiger partial charge >= 0.3 is 0 Å². The maximum atomic E-state index is 13.0. The van der Waals surface area contributed by atoms with E-state index in [2.05, 4.69) is 30.6 Å². The molecule has 1 N–H and O–H groups in total. The van der Waals surface area contributed by atoms with Crippen molar-refractivity contribution in [3.63, 3.8) is 0 Å². The molecule has 1 aromatic heterocycles. The van der Waals surface area contributed by atoms with E-state index in [0.717, 1.165) is 11.5 Å². The molecule has 1 aliphatic rings. The Kier molecular flexibility index (Phi) is 4.10. The average molecular weight is 422 g/mol. The van der Waals surface area contributed by atoms with Crippen molar-refractivity contribution >= 4 is 38.5 Å². The van der Waals surface area contributed by atoms with Crippen LogP contribution in [0.15, 0.2) is 40.9 Å². The number of carbonyl (C=O) groups is 1. The fraction of sp³-hybridized carbons (Fsp3) is 0.0625. The molecule has 0 radical (unpaired) electrons. The summed E-state index contributed by atoms with van der Waals surface area (Å²) in [5.74, 6) is 0.823. The van der Waals surface area contributed by atoms with Gasteiger partial charge in [0.15, 0.2) is 17.3 Å². The molecule has 0 bridgehead atoms. The third-order valence-corrected chi connectivity index (χ3v) is 4.66. The topological polar surface area (TPSA) is 73.3 Å². The molecular weight excluding hydrogens is 413 g/mol. The second-order valence-corrected chi connectivity index (χ2v) is 6.68. The first kappa shape index (κ1) is 16.0. The van der Waals surface area contributed by atoms with Crippen molar-refractivity contribution in [1.29, 1.82) is 0 Å². The Bertz CT molecular complexity index is 962. The molecule has 0 unspecified atom stereocenters. The third-order valence-electron chi connectivity index (χ3n) is 3.44. The normalized spacial score (nSPS) is 12.2. The molecule has 2 heterocycles. The molecule has 25 heavy (non-hydrogen) atoms. The summed E-state index contributed by atoms with van der Waals surface area (Å²) in [5.41, 5.74) is 1.07. The fourth-order valence-electron chi connectivity index (χ4n) is 2.26. The van der Waals surface area contributed by atoms with Gasteiger partial charge in [0, 0.05) is 22.7 Å².